The Balaban J connectivity index is 2.03. The van der Waals surface area contributed by atoms with Gasteiger partial charge in [-0.25, -0.2) is 0 Å². The standard InChI is InChI=1S/C27H17N/c28-18-20-12-4-5-13-21(20)27-24-16-8-6-14-22(24)26(19-10-2-1-3-11-19)23-15-7-9-17-25(23)27/h1-17H. The summed E-state index contributed by atoms with van der Waals surface area (Å²) in [6.45, 7) is 0. The highest BCUT2D eigenvalue weighted by Crippen LogP contribution is 2.43. The van der Waals surface area contributed by atoms with Crippen LogP contribution in [0.4, 0.5) is 0 Å². The maximum atomic E-state index is 9.71. The van der Waals surface area contributed by atoms with Gasteiger partial charge in [-0.3, -0.25) is 0 Å². The number of nitrogens with zero attached hydrogens (tertiary/aromatic N) is 1. The molecule has 5 aromatic carbocycles. The molecule has 0 heterocycles. The van der Waals surface area contributed by atoms with Crippen molar-refractivity contribution in [1.82, 2.24) is 0 Å². The van der Waals surface area contributed by atoms with E-state index < -0.39 is 0 Å². The maximum Gasteiger partial charge on any atom is 0.0998 e. The van der Waals surface area contributed by atoms with Crippen LogP contribution in [0.15, 0.2) is 103 Å². The van der Waals surface area contributed by atoms with Gasteiger partial charge in [0, 0.05) is 5.56 Å². The predicted molar refractivity (Wildman–Crippen MR) is 117 cm³/mol. The van der Waals surface area contributed by atoms with E-state index >= 15 is 0 Å². The van der Waals surface area contributed by atoms with Crippen LogP contribution < -0.4 is 0 Å². The van der Waals surface area contributed by atoms with Crippen LogP contribution in [0.2, 0.25) is 0 Å². The second kappa shape index (κ2) is 6.68. The lowest BCUT2D eigenvalue weighted by molar-refractivity contribution is 1.48. The van der Waals surface area contributed by atoms with Gasteiger partial charge in [0.1, 0.15) is 0 Å². The molecule has 0 unspecified atom stereocenters. The van der Waals surface area contributed by atoms with Crippen LogP contribution in [-0.4, -0.2) is 0 Å². The molecule has 0 fully saturated rings. The first kappa shape index (κ1) is 16.3. The maximum absolute atomic E-state index is 9.71. The third kappa shape index (κ3) is 2.47. The molecule has 5 aromatic rings. The first-order chi connectivity index (χ1) is 13.9. The molecule has 0 radical (unpaired) electrons. The second-order valence-corrected chi connectivity index (χ2v) is 6.86. The molecule has 28 heavy (non-hydrogen) atoms. The van der Waals surface area contributed by atoms with E-state index in [1.165, 1.54) is 32.7 Å². The molecule has 0 bridgehead atoms. The SMILES string of the molecule is N#Cc1ccccc1-c1c2ccccc2c(-c2ccccc2)c2ccccc12. The molecule has 0 aliphatic heterocycles. The third-order valence-corrected chi connectivity index (χ3v) is 5.31. The van der Waals surface area contributed by atoms with Crippen molar-refractivity contribution in [2.75, 3.05) is 0 Å². The topological polar surface area (TPSA) is 23.8 Å². The fourth-order valence-electron chi connectivity index (χ4n) is 4.13. The number of rotatable bonds is 2. The van der Waals surface area contributed by atoms with Crippen LogP contribution in [0.5, 0.6) is 0 Å². The summed E-state index contributed by atoms with van der Waals surface area (Å²) in [6, 6.07) is 37.8. The molecule has 130 valence electrons. The molecular weight excluding hydrogens is 338 g/mol. The summed E-state index contributed by atoms with van der Waals surface area (Å²) in [5.41, 5.74) is 5.25. The molecule has 1 nitrogen and oxygen atoms in total. The van der Waals surface area contributed by atoms with E-state index in [0.29, 0.717) is 5.56 Å². The van der Waals surface area contributed by atoms with E-state index in [-0.39, 0.29) is 0 Å². The van der Waals surface area contributed by atoms with Crippen molar-refractivity contribution in [2.45, 2.75) is 0 Å². The fourth-order valence-corrected chi connectivity index (χ4v) is 4.13. The molecule has 0 saturated carbocycles. The van der Waals surface area contributed by atoms with Crippen molar-refractivity contribution < 1.29 is 0 Å². The minimum Gasteiger partial charge on any atom is -0.192 e. The zero-order chi connectivity index (χ0) is 18.9. The summed E-state index contributed by atoms with van der Waals surface area (Å²) in [4.78, 5) is 0. The van der Waals surface area contributed by atoms with Crippen molar-refractivity contribution in [3.05, 3.63) is 109 Å². The molecule has 0 amide bonds. The Morgan fingerprint density at radius 2 is 0.929 bits per heavy atom. The molecule has 0 N–H and O–H groups in total. The van der Waals surface area contributed by atoms with Gasteiger partial charge in [0.25, 0.3) is 0 Å². The summed E-state index contributed by atoms with van der Waals surface area (Å²) in [5, 5.41) is 14.5. The molecule has 0 atom stereocenters. The molecule has 0 aliphatic carbocycles. The predicted octanol–water partition coefficient (Wildman–Crippen LogP) is 7.20. The number of nitriles is 1. The van der Waals surface area contributed by atoms with Gasteiger partial charge in [-0.2, -0.15) is 5.26 Å². The smallest absolute Gasteiger partial charge is 0.0998 e. The number of fused-ring (bicyclic) bond motifs is 2. The van der Waals surface area contributed by atoms with Crippen molar-refractivity contribution >= 4 is 21.5 Å². The lowest BCUT2D eigenvalue weighted by Crippen LogP contribution is -1.92. The van der Waals surface area contributed by atoms with Crippen molar-refractivity contribution in [3.63, 3.8) is 0 Å². The van der Waals surface area contributed by atoms with Gasteiger partial charge in [0.05, 0.1) is 11.6 Å². The first-order valence-electron chi connectivity index (χ1n) is 9.37. The number of hydrogen-bond acceptors (Lipinski definition) is 1. The average molecular weight is 355 g/mol. The Labute approximate surface area is 164 Å². The highest BCUT2D eigenvalue weighted by atomic mass is 14.3. The minimum absolute atomic E-state index is 0.699. The second-order valence-electron chi connectivity index (χ2n) is 6.86. The Morgan fingerprint density at radius 1 is 0.464 bits per heavy atom. The van der Waals surface area contributed by atoms with E-state index in [1.54, 1.807) is 0 Å². The van der Waals surface area contributed by atoms with Gasteiger partial charge in [0.15, 0.2) is 0 Å². The zero-order valence-corrected chi connectivity index (χ0v) is 15.3. The van der Waals surface area contributed by atoms with Crippen LogP contribution in [0.3, 0.4) is 0 Å². The summed E-state index contributed by atoms with van der Waals surface area (Å²) in [5.74, 6) is 0. The summed E-state index contributed by atoms with van der Waals surface area (Å²) in [7, 11) is 0. The van der Waals surface area contributed by atoms with Gasteiger partial charge < -0.3 is 0 Å². The Bertz CT molecular complexity index is 1300. The summed E-state index contributed by atoms with van der Waals surface area (Å²) in [6.07, 6.45) is 0. The van der Waals surface area contributed by atoms with Crippen molar-refractivity contribution in [2.24, 2.45) is 0 Å². The first-order valence-corrected chi connectivity index (χ1v) is 9.37. The summed E-state index contributed by atoms with van der Waals surface area (Å²) >= 11 is 0. The van der Waals surface area contributed by atoms with Crippen LogP contribution >= 0.6 is 0 Å². The number of benzene rings is 5. The van der Waals surface area contributed by atoms with E-state index in [2.05, 4.69) is 84.9 Å². The van der Waals surface area contributed by atoms with Crippen LogP contribution in [0.25, 0.3) is 43.8 Å². The lowest BCUT2D eigenvalue weighted by atomic mass is 9.85. The van der Waals surface area contributed by atoms with Crippen molar-refractivity contribution in [1.29, 1.82) is 5.26 Å². The Hall–Kier alpha value is -3.89. The molecule has 1 heteroatoms. The average Bonchev–Trinajstić information content (AvgIpc) is 2.78. The van der Waals surface area contributed by atoms with E-state index in [4.69, 9.17) is 0 Å². The normalized spacial score (nSPS) is 10.8. The largest absolute Gasteiger partial charge is 0.192 e. The highest BCUT2D eigenvalue weighted by Gasteiger charge is 2.17. The van der Waals surface area contributed by atoms with Gasteiger partial charge in [-0.1, -0.05) is 97.1 Å². The quantitative estimate of drug-likeness (QED) is 0.307. The van der Waals surface area contributed by atoms with Gasteiger partial charge in [-0.05, 0) is 44.3 Å². The highest BCUT2D eigenvalue weighted by molar-refractivity contribution is 6.21. The molecular formula is C27H17N. The van der Waals surface area contributed by atoms with Gasteiger partial charge >= 0.3 is 0 Å². The molecule has 0 saturated heterocycles. The third-order valence-electron chi connectivity index (χ3n) is 5.31. The monoisotopic (exact) mass is 355 g/mol. The molecule has 0 aromatic heterocycles. The summed E-state index contributed by atoms with van der Waals surface area (Å²) < 4.78 is 0. The lowest BCUT2D eigenvalue weighted by Gasteiger charge is -2.18. The molecule has 5 rings (SSSR count). The minimum atomic E-state index is 0.699. The fraction of sp³-hybridized carbons (Fsp3) is 0. The van der Waals surface area contributed by atoms with Crippen LogP contribution in [-0.2, 0) is 0 Å². The van der Waals surface area contributed by atoms with Gasteiger partial charge in [0.2, 0.25) is 0 Å². The number of hydrogen-bond donors (Lipinski definition) is 0. The Kier molecular flexibility index (Phi) is 3.89. The van der Waals surface area contributed by atoms with Crippen molar-refractivity contribution in [3.8, 4) is 28.3 Å². The van der Waals surface area contributed by atoms with Gasteiger partial charge in [-0.15, -0.1) is 0 Å². The van der Waals surface area contributed by atoms with Crippen LogP contribution in [0, 0.1) is 11.3 Å². The zero-order valence-electron chi connectivity index (χ0n) is 15.3. The Morgan fingerprint density at radius 3 is 1.50 bits per heavy atom. The van der Waals surface area contributed by atoms with E-state index in [1.807, 2.05) is 24.3 Å². The van der Waals surface area contributed by atoms with E-state index in [0.717, 1.165) is 11.1 Å². The molecule has 0 aliphatic rings. The van der Waals surface area contributed by atoms with E-state index in [9.17, 15) is 5.26 Å². The van der Waals surface area contributed by atoms with Crippen LogP contribution in [0.1, 0.15) is 5.56 Å². The molecule has 0 spiro atoms.